The Morgan fingerprint density at radius 3 is 2.50 bits per heavy atom. The molecule has 0 radical (unpaired) electrons. The van der Waals surface area contributed by atoms with Crippen LogP contribution >= 0.6 is 0 Å². The molecule has 0 amide bonds. The summed E-state index contributed by atoms with van der Waals surface area (Å²) in [6, 6.07) is 0. The maximum Gasteiger partial charge on any atom is 0.507 e. The van der Waals surface area contributed by atoms with E-state index in [0.717, 1.165) is 19.5 Å². The zero-order valence-corrected chi connectivity index (χ0v) is 6.90. The predicted octanol–water partition coefficient (Wildman–Crippen LogP) is 1.12. The first-order chi connectivity index (χ1) is 5.75. The second kappa shape index (κ2) is 2.94. The molecule has 1 atom stereocenters. The number of rotatable bonds is 1. The van der Waals surface area contributed by atoms with E-state index in [0.29, 0.717) is 5.92 Å². The molecule has 0 aromatic rings. The lowest BCUT2D eigenvalue weighted by atomic mass is 9.87. The van der Waals surface area contributed by atoms with Gasteiger partial charge in [-0.15, -0.1) is 0 Å². The molecule has 3 aliphatic rings. The maximum atomic E-state index is 10.3. The van der Waals surface area contributed by atoms with Crippen molar-refractivity contribution >= 4 is 6.16 Å². The molecular weight excluding hydrogens is 158 g/mol. The van der Waals surface area contributed by atoms with E-state index in [1.165, 1.54) is 12.8 Å². The smallest absolute Gasteiger partial charge is 0.450 e. The molecule has 12 heavy (non-hydrogen) atoms. The van der Waals surface area contributed by atoms with Gasteiger partial charge in [0.1, 0.15) is 0 Å². The van der Waals surface area contributed by atoms with Gasteiger partial charge in [-0.05, 0) is 18.8 Å². The Labute approximate surface area is 71.1 Å². The van der Waals surface area contributed by atoms with Crippen molar-refractivity contribution in [2.45, 2.75) is 25.5 Å². The van der Waals surface area contributed by atoms with Crippen molar-refractivity contribution in [3.05, 3.63) is 0 Å². The lowest BCUT2D eigenvalue weighted by Crippen LogP contribution is -2.50. The minimum atomic E-state index is -1.15. The third-order valence-electron chi connectivity index (χ3n) is 2.83. The summed E-state index contributed by atoms with van der Waals surface area (Å²) < 4.78 is 4.77. The van der Waals surface area contributed by atoms with Crippen LogP contribution in [0.1, 0.15) is 19.3 Å². The first kappa shape index (κ1) is 7.86. The predicted molar refractivity (Wildman–Crippen MR) is 41.8 cm³/mol. The minimum absolute atomic E-state index is 0.157. The second-order valence-electron chi connectivity index (χ2n) is 3.55. The van der Waals surface area contributed by atoms with Crippen molar-refractivity contribution in [2.24, 2.45) is 5.92 Å². The van der Waals surface area contributed by atoms with Crippen molar-refractivity contribution in [1.82, 2.24) is 4.90 Å². The molecule has 0 saturated carbocycles. The van der Waals surface area contributed by atoms with Gasteiger partial charge in [-0.2, -0.15) is 0 Å². The van der Waals surface area contributed by atoms with Crippen LogP contribution in [0.4, 0.5) is 4.79 Å². The van der Waals surface area contributed by atoms with E-state index in [9.17, 15) is 4.79 Å². The first-order valence-corrected chi connectivity index (χ1v) is 4.39. The average Bonchev–Trinajstić information content (AvgIpc) is 2.05. The Morgan fingerprint density at radius 2 is 2.08 bits per heavy atom. The molecule has 3 heterocycles. The molecule has 0 aromatic carbocycles. The summed E-state index contributed by atoms with van der Waals surface area (Å²) in [7, 11) is 0. The average molecular weight is 171 g/mol. The van der Waals surface area contributed by atoms with E-state index in [1.807, 2.05) is 0 Å². The van der Waals surface area contributed by atoms with Crippen molar-refractivity contribution < 1.29 is 14.6 Å². The van der Waals surface area contributed by atoms with Crippen LogP contribution in [0.2, 0.25) is 0 Å². The van der Waals surface area contributed by atoms with E-state index in [1.54, 1.807) is 0 Å². The summed E-state index contributed by atoms with van der Waals surface area (Å²) in [5.74, 6) is 0.694. The van der Waals surface area contributed by atoms with Gasteiger partial charge in [-0.1, -0.05) is 0 Å². The van der Waals surface area contributed by atoms with Crippen LogP contribution in [-0.2, 0) is 4.74 Å². The van der Waals surface area contributed by atoms with Gasteiger partial charge in [0.2, 0.25) is 0 Å². The third kappa shape index (κ3) is 1.39. The van der Waals surface area contributed by atoms with Crippen LogP contribution in [0.3, 0.4) is 0 Å². The number of hydrogen-bond donors (Lipinski definition) is 1. The van der Waals surface area contributed by atoms with Crippen LogP contribution in [0.25, 0.3) is 0 Å². The van der Waals surface area contributed by atoms with Gasteiger partial charge in [0.05, 0.1) is 0 Å². The molecule has 0 aromatic heterocycles. The quantitative estimate of drug-likeness (QED) is 0.601. The molecule has 4 heteroatoms. The Balaban J connectivity index is 1.95. The number of hydrogen-bond acceptors (Lipinski definition) is 3. The lowest BCUT2D eigenvalue weighted by molar-refractivity contribution is -0.0955. The van der Waals surface area contributed by atoms with Crippen molar-refractivity contribution in [1.29, 1.82) is 0 Å². The zero-order chi connectivity index (χ0) is 8.55. The molecule has 3 aliphatic heterocycles. The van der Waals surface area contributed by atoms with Gasteiger partial charge in [-0.3, -0.25) is 4.90 Å². The lowest BCUT2D eigenvalue weighted by Gasteiger charge is -2.43. The molecule has 0 spiro atoms. The molecule has 68 valence electrons. The largest absolute Gasteiger partial charge is 0.507 e. The van der Waals surface area contributed by atoms with Crippen molar-refractivity contribution in [3.63, 3.8) is 0 Å². The summed E-state index contributed by atoms with van der Waals surface area (Å²) in [5, 5.41) is 8.44. The number of ether oxygens (including phenoxy) is 1. The monoisotopic (exact) mass is 171 g/mol. The highest BCUT2D eigenvalue weighted by Gasteiger charge is 2.35. The van der Waals surface area contributed by atoms with Gasteiger partial charge in [0.15, 0.2) is 6.23 Å². The summed E-state index contributed by atoms with van der Waals surface area (Å²) >= 11 is 0. The molecular formula is C8H13NO3. The molecule has 2 bridgehead atoms. The highest BCUT2D eigenvalue weighted by atomic mass is 16.7. The molecule has 3 fully saturated rings. The van der Waals surface area contributed by atoms with Gasteiger partial charge >= 0.3 is 6.16 Å². The number of carbonyl (C=O) groups is 1. The number of piperidine rings is 3. The third-order valence-corrected chi connectivity index (χ3v) is 2.83. The van der Waals surface area contributed by atoms with Crippen LogP contribution < -0.4 is 0 Å². The van der Waals surface area contributed by atoms with Crippen LogP contribution in [0, 0.1) is 5.92 Å². The SMILES string of the molecule is O=C(O)OC1CC2CCN1CC2. The van der Waals surface area contributed by atoms with E-state index >= 15 is 0 Å². The standard InChI is InChI=1S/C8H13NO3/c10-8(11)12-7-5-6-1-3-9(7)4-2-6/h6-7H,1-5H2,(H,10,11). The van der Waals surface area contributed by atoms with E-state index < -0.39 is 6.16 Å². The highest BCUT2D eigenvalue weighted by Crippen LogP contribution is 2.32. The van der Waals surface area contributed by atoms with E-state index in [4.69, 9.17) is 9.84 Å². The second-order valence-corrected chi connectivity index (χ2v) is 3.55. The van der Waals surface area contributed by atoms with Gasteiger partial charge in [0, 0.05) is 19.5 Å². The Bertz CT molecular complexity index is 187. The number of nitrogens with zero attached hydrogens (tertiary/aromatic N) is 1. The Morgan fingerprint density at radius 1 is 1.42 bits per heavy atom. The molecule has 3 saturated heterocycles. The Kier molecular flexibility index (Phi) is 1.92. The first-order valence-electron chi connectivity index (χ1n) is 4.39. The highest BCUT2D eigenvalue weighted by molar-refractivity contribution is 5.57. The number of fused-ring (bicyclic) bond motifs is 3. The summed E-state index contributed by atoms with van der Waals surface area (Å²) in [6.07, 6.45) is 2.01. The van der Waals surface area contributed by atoms with E-state index in [2.05, 4.69) is 4.90 Å². The fourth-order valence-corrected chi connectivity index (χ4v) is 2.15. The van der Waals surface area contributed by atoms with Crippen molar-refractivity contribution in [3.8, 4) is 0 Å². The van der Waals surface area contributed by atoms with Crippen LogP contribution in [0.15, 0.2) is 0 Å². The fraction of sp³-hybridized carbons (Fsp3) is 0.875. The van der Waals surface area contributed by atoms with E-state index in [-0.39, 0.29) is 6.23 Å². The summed E-state index contributed by atoms with van der Waals surface area (Å²) in [5.41, 5.74) is 0. The van der Waals surface area contributed by atoms with Gasteiger partial charge in [0.25, 0.3) is 0 Å². The molecule has 1 N–H and O–H groups in total. The summed E-state index contributed by atoms with van der Waals surface area (Å²) in [4.78, 5) is 12.4. The molecule has 1 unspecified atom stereocenters. The Hall–Kier alpha value is -0.770. The number of carboxylic acid groups (broad SMARTS) is 1. The fourth-order valence-electron chi connectivity index (χ4n) is 2.15. The summed E-state index contributed by atoms with van der Waals surface area (Å²) in [6.45, 7) is 2.01. The maximum absolute atomic E-state index is 10.3. The van der Waals surface area contributed by atoms with Crippen molar-refractivity contribution in [2.75, 3.05) is 13.1 Å². The molecule has 4 nitrogen and oxygen atoms in total. The normalized spacial score (nSPS) is 39.5. The van der Waals surface area contributed by atoms with Gasteiger partial charge < -0.3 is 9.84 Å². The topological polar surface area (TPSA) is 49.8 Å². The molecule has 0 aliphatic carbocycles. The zero-order valence-electron chi connectivity index (χ0n) is 6.90. The minimum Gasteiger partial charge on any atom is -0.450 e. The van der Waals surface area contributed by atoms with Gasteiger partial charge in [-0.25, -0.2) is 4.79 Å². The van der Waals surface area contributed by atoms with Crippen LogP contribution in [0.5, 0.6) is 0 Å². The van der Waals surface area contributed by atoms with Crippen LogP contribution in [-0.4, -0.2) is 35.5 Å². The molecule has 3 rings (SSSR count).